The van der Waals surface area contributed by atoms with Crippen LogP contribution in [0.15, 0.2) is 63.5 Å². The Morgan fingerprint density at radius 1 is 0.950 bits per heavy atom. The number of para-hydroxylation sites is 1. The maximum Gasteiger partial charge on any atom is 0.134 e. The van der Waals surface area contributed by atoms with Gasteiger partial charge in [-0.1, -0.05) is 52.3 Å². The second-order valence-electron chi connectivity index (χ2n) is 5.06. The van der Waals surface area contributed by atoms with Gasteiger partial charge >= 0.3 is 0 Å². The van der Waals surface area contributed by atoms with Gasteiger partial charge in [0.25, 0.3) is 0 Å². The molecule has 1 aliphatic carbocycles. The van der Waals surface area contributed by atoms with Crippen LogP contribution < -0.4 is 0 Å². The maximum absolute atomic E-state index is 6.02. The normalized spacial score (nSPS) is 14.2. The summed E-state index contributed by atoms with van der Waals surface area (Å²) in [5.41, 5.74) is 4.81. The topological polar surface area (TPSA) is 13.1 Å². The van der Waals surface area contributed by atoms with Gasteiger partial charge in [0.1, 0.15) is 11.3 Å². The smallest absolute Gasteiger partial charge is 0.134 e. The molecule has 0 saturated heterocycles. The van der Waals surface area contributed by atoms with Gasteiger partial charge in [0.15, 0.2) is 0 Å². The van der Waals surface area contributed by atoms with Crippen LogP contribution in [-0.2, 0) is 6.42 Å². The average molecular weight is 325 g/mol. The molecule has 1 heterocycles. The molecule has 0 N–H and O–H groups in total. The van der Waals surface area contributed by atoms with Crippen molar-refractivity contribution in [1.82, 2.24) is 0 Å². The fraction of sp³-hybridized carbons (Fsp3) is 0.111. The van der Waals surface area contributed by atoms with E-state index in [1.807, 2.05) is 12.1 Å². The number of fused-ring (bicyclic) bond motifs is 3. The predicted octanol–water partition coefficient (Wildman–Crippen LogP) is 5.57. The lowest BCUT2D eigenvalue weighted by molar-refractivity contribution is 0.545. The third-order valence-corrected chi connectivity index (χ3v) is 4.34. The lowest BCUT2D eigenvalue weighted by Gasteiger charge is -2.13. The van der Waals surface area contributed by atoms with Crippen LogP contribution >= 0.6 is 15.9 Å². The van der Waals surface area contributed by atoms with Gasteiger partial charge in [-0.05, 0) is 35.8 Å². The second kappa shape index (κ2) is 4.64. The van der Waals surface area contributed by atoms with E-state index in [-0.39, 0.29) is 0 Å². The van der Waals surface area contributed by atoms with Gasteiger partial charge in [-0.2, -0.15) is 0 Å². The summed E-state index contributed by atoms with van der Waals surface area (Å²) in [5.74, 6) is 1.12. The first-order chi connectivity index (χ1) is 9.83. The largest absolute Gasteiger partial charge is 0.460 e. The molecule has 0 spiro atoms. The van der Waals surface area contributed by atoms with Gasteiger partial charge in [-0.3, -0.25) is 0 Å². The minimum absolute atomic E-state index is 0.988. The van der Waals surface area contributed by atoms with E-state index >= 15 is 0 Å². The van der Waals surface area contributed by atoms with Crippen molar-refractivity contribution >= 4 is 32.5 Å². The number of aryl methyl sites for hydroxylation is 1. The van der Waals surface area contributed by atoms with Crippen LogP contribution in [0, 0.1) is 0 Å². The minimum Gasteiger partial charge on any atom is -0.460 e. The van der Waals surface area contributed by atoms with Crippen LogP contribution in [0.3, 0.4) is 0 Å². The van der Waals surface area contributed by atoms with E-state index in [9.17, 15) is 0 Å². The number of benzene rings is 2. The zero-order valence-corrected chi connectivity index (χ0v) is 12.5. The highest BCUT2D eigenvalue weighted by Gasteiger charge is 2.21. The zero-order chi connectivity index (χ0) is 13.5. The van der Waals surface area contributed by atoms with Gasteiger partial charge in [-0.25, -0.2) is 0 Å². The third kappa shape index (κ3) is 1.83. The van der Waals surface area contributed by atoms with Gasteiger partial charge in [0.05, 0.1) is 0 Å². The Hall–Kier alpha value is -1.80. The number of hydrogen-bond acceptors (Lipinski definition) is 1. The lowest BCUT2D eigenvalue weighted by atomic mass is 9.89. The summed E-state index contributed by atoms with van der Waals surface area (Å²) in [4.78, 5) is 0. The molecule has 4 rings (SSSR count). The van der Waals surface area contributed by atoms with E-state index in [0.717, 1.165) is 28.7 Å². The summed E-state index contributed by atoms with van der Waals surface area (Å²) in [6, 6.07) is 16.8. The fourth-order valence-electron chi connectivity index (χ4n) is 2.91. The summed E-state index contributed by atoms with van der Waals surface area (Å²) in [6.07, 6.45) is 4.36. The molecule has 0 bridgehead atoms. The van der Waals surface area contributed by atoms with Crippen molar-refractivity contribution in [2.45, 2.75) is 12.8 Å². The first-order valence-corrected chi connectivity index (χ1v) is 7.59. The van der Waals surface area contributed by atoms with Gasteiger partial charge < -0.3 is 4.42 Å². The van der Waals surface area contributed by atoms with Crippen molar-refractivity contribution in [3.63, 3.8) is 0 Å². The predicted molar refractivity (Wildman–Crippen MR) is 85.8 cm³/mol. The molecule has 2 heteroatoms. The number of hydrogen-bond donors (Lipinski definition) is 0. The third-order valence-electron chi connectivity index (χ3n) is 3.81. The monoisotopic (exact) mass is 324 g/mol. The zero-order valence-electron chi connectivity index (χ0n) is 10.9. The molecule has 1 nitrogen and oxygen atoms in total. The Morgan fingerprint density at radius 3 is 2.60 bits per heavy atom. The van der Waals surface area contributed by atoms with Crippen molar-refractivity contribution in [1.29, 1.82) is 0 Å². The Bertz CT molecular complexity index is 809. The molecule has 0 saturated carbocycles. The van der Waals surface area contributed by atoms with E-state index in [1.165, 1.54) is 22.1 Å². The Labute approximate surface area is 126 Å². The van der Waals surface area contributed by atoms with E-state index in [1.54, 1.807) is 0 Å². The van der Waals surface area contributed by atoms with E-state index in [0.29, 0.717) is 0 Å². The summed E-state index contributed by atoms with van der Waals surface area (Å²) >= 11 is 3.50. The summed E-state index contributed by atoms with van der Waals surface area (Å²) in [7, 11) is 0. The summed E-state index contributed by atoms with van der Waals surface area (Å²) < 4.78 is 7.12. The maximum atomic E-state index is 6.02. The van der Waals surface area contributed by atoms with Crippen molar-refractivity contribution in [3.8, 4) is 0 Å². The molecule has 0 aliphatic heterocycles. The second-order valence-corrected chi connectivity index (χ2v) is 5.98. The SMILES string of the molecule is Brc1ccc(C2=CCCc3oc4ccccc4c32)cc1. The molecule has 0 atom stereocenters. The van der Waals surface area contributed by atoms with Crippen LogP contribution in [-0.4, -0.2) is 0 Å². The highest BCUT2D eigenvalue weighted by atomic mass is 79.9. The Balaban J connectivity index is 1.95. The van der Waals surface area contributed by atoms with Crippen molar-refractivity contribution in [3.05, 3.63) is 76.0 Å². The van der Waals surface area contributed by atoms with Crippen molar-refractivity contribution < 1.29 is 4.42 Å². The number of rotatable bonds is 1. The fourth-order valence-corrected chi connectivity index (χ4v) is 3.17. The molecule has 0 fully saturated rings. The lowest BCUT2D eigenvalue weighted by Crippen LogP contribution is -1.98. The minimum atomic E-state index is 0.988. The highest BCUT2D eigenvalue weighted by Crippen LogP contribution is 2.38. The molecule has 0 amide bonds. The van der Waals surface area contributed by atoms with Crippen molar-refractivity contribution in [2.75, 3.05) is 0 Å². The number of halogens is 1. The van der Waals surface area contributed by atoms with E-state index < -0.39 is 0 Å². The average Bonchev–Trinajstić information content (AvgIpc) is 2.86. The highest BCUT2D eigenvalue weighted by molar-refractivity contribution is 9.10. The van der Waals surface area contributed by atoms with Crippen LogP contribution in [0.5, 0.6) is 0 Å². The van der Waals surface area contributed by atoms with E-state index in [4.69, 9.17) is 4.42 Å². The molecule has 0 unspecified atom stereocenters. The first-order valence-electron chi connectivity index (χ1n) is 6.80. The number of allylic oxidation sites excluding steroid dienone is 1. The van der Waals surface area contributed by atoms with E-state index in [2.05, 4.69) is 58.4 Å². The molecular formula is C18H13BrO. The standard InChI is InChI=1S/C18H13BrO/c19-13-10-8-12(9-11-13)14-5-3-7-17-18(14)15-4-1-2-6-16(15)20-17/h1-2,4-6,8-11H,3,7H2. The van der Waals surface area contributed by atoms with Crippen LogP contribution in [0.1, 0.15) is 23.3 Å². The first kappa shape index (κ1) is 12.0. The van der Waals surface area contributed by atoms with Crippen LogP contribution in [0.2, 0.25) is 0 Å². The molecule has 1 aromatic heterocycles. The summed E-state index contributed by atoms with van der Waals surface area (Å²) in [5, 5.41) is 1.22. The quantitative estimate of drug-likeness (QED) is 0.570. The number of furan rings is 1. The summed E-state index contributed by atoms with van der Waals surface area (Å²) in [6.45, 7) is 0. The molecule has 3 aromatic rings. The van der Waals surface area contributed by atoms with Gasteiger partial charge in [-0.15, -0.1) is 0 Å². The molecule has 0 radical (unpaired) electrons. The molecule has 98 valence electrons. The van der Waals surface area contributed by atoms with Gasteiger partial charge in [0.2, 0.25) is 0 Å². The Kier molecular flexibility index (Phi) is 2.78. The van der Waals surface area contributed by atoms with Crippen LogP contribution in [0.4, 0.5) is 0 Å². The molecular weight excluding hydrogens is 312 g/mol. The molecule has 1 aliphatic rings. The molecule has 20 heavy (non-hydrogen) atoms. The molecule has 2 aromatic carbocycles. The van der Waals surface area contributed by atoms with Crippen molar-refractivity contribution in [2.24, 2.45) is 0 Å². The Morgan fingerprint density at radius 2 is 1.75 bits per heavy atom. The van der Waals surface area contributed by atoms with Crippen LogP contribution in [0.25, 0.3) is 16.5 Å². The van der Waals surface area contributed by atoms with Gasteiger partial charge in [0, 0.05) is 21.8 Å².